The van der Waals surface area contributed by atoms with Crippen molar-refractivity contribution in [1.82, 2.24) is 4.90 Å². The van der Waals surface area contributed by atoms with Gasteiger partial charge in [-0.3, -0.25) is 0 Å². The van der Waals surface area contributed by atoms with Crippen LogP contribution in [0.25, 0.3) is 4.85 Å². The largest absolute Gasteiger partial charge is 0.492 e. The van der Waals surface area contributed by atoms with E-state index in [9.17, 15) is 0 Å². The van der Waals surface area contributed by atoms with Crippen molar-refractivity contribution in [1.29, 1.82) is 0 Å². The van der Waals surface area contributed by atoms with Gasteiger partial charge in [-0.25, -0.2) is 4.85 Å². The summed E-state index contributed by atoms with van der Waals surface area (Å²) in [7, 11) is 4.01. The number of benzene rings is 1. The number of hydrogen-bond donors (Lipinski definition) is 0. The molecule has 0 fully saturated rings. The lowest BCUT2D eigenvalue weighted by Crippen LogP contribution is -2.19. The van der Waals surface area contributed by atoms with Gasteiger partial charge in [0, 0.05) is 6.54 Å². The fourth-order valence-electron chi connectivity index (χ4n) is 0.963. The van der Waals surface area contributed by atoms with E-state index in [1.807, 2.05) is 26.2 Å². The maximum Gasteiger partial charge on any atom is 0.187 e. The monoisotopic (exact) mass is 190 g/mol. The summed E-state index contributed by atoms with van der Waals surface area (Å²) in [6.45, 7) is 8.35. The van der Waals surface area contributed by atoms with Gasteiger partial charge in [-0.2, -0.15) is 0 Å². The predicted molar refractivity (Wildman–Crippen MR) is 56.8 cm³/mol. The Kier molecular flexibility index (Phi) is 3.96. The molecule has 0 N–H and O–H groups in total. The Labute approximate surface area is 84.7 Å². The van der Waals surface area contributed by atoms with E-state index in [0.717, 1.165) is 12.3 Å². The standard InChI is InChI=1S/C11H14N2O/c1-12-10-4-6-11(7-5-10)14-9-8-13(2)3/h4-7H,8-9H2,2-3H3. The van der Waals surface area contributed by atoms with E-state index < -0.39 is 0 Å². The summed E-state index contributed by atoms with van der Waals surface area (Å²) in [6, 6.07) is 7.17. The van der Waals surface area contributed by atoms with E-state index >= 15 is 0 Å². The van der Waals surface area contributed by atoms with Gasteiger partial charge in [0.2, 0.25) is 0 Å². The summed E-state index contributed by atoms with van der Waals surface area (Å²) in [5, 5.41) is 0. The highest BCUT2D eigenvalue weighted by atomic mass is 16.5. The van der Waals surface area contributed by atoms with Gasteiger partial charge in [-0.05, 0) is 26.2 Å². The van der Waals surface area contributed by atoms with Crippen LogP contribution in [0.15, 0.2) is 24.3 Å². The first-order valence-corrected chi connectivity index (χ1v) is 4.47. The van der Waals surface area contributed by atoms with Gasteiger partial charge in [0.25, 0.3) is 0 Å². The molecule has 0 saturated heterocycles. The van der Waals surface area contributed by atoms with Gasteiger partial charge in [0.1, 0.15) is 12.4 Å². The van der Waals surface area contributed by atoms with Gasteiger partial charge in [0.05, 0.1) is 6.57 Å². The first-order chi connectivity index (χ1) is 6.72. The quantitative estimate of drug-likeness (QED) is 0.677. The lowest BCUT2D eigenvalue weighted by Gasteiger charge is -2.10. The van der Waals surface area contributed by atoms with Crippen LogP contribution in [-0.4, -0.2) is 32.1 Å². The van der Waals surface area contributed by atoms with Crippen LogP contribution in [-0.2, 0) is 0 Å². The Hall–Kier alpha value is -1.53. The Morgan fingerprint density at radius 1 is 1.29 bits per heavy atom. The van der Waals surface area contributed by atoms with E-state index in [1.54, 1.807) is 12.1 Å². The molecule has 0 aromatic heterocycles. The van der Waals surface area contributed by atoms with Gasteiger partial charge >= 0.3 is 0 Å². The third-order valence-electron chi connectivity index (χ3n) is 1.77. The molecule has 0 saturated carbocycles. The summed E-state index contributed by atoms with van der Waals surface area (Å²) in [4.78, 5) is 5.37. The van der Waals surface area contributed by atoms with Crippen molar-refractivity contribution in [2.45, 2.75) is 0 Å². The number of nitrogens with zero attached hydrogens (tertiary/aromatic N) is 2. The molecule has 1 aromatic carbocycles. The maximum atomic E-state index is 6.79. The van der Waals surface area contributed by atoms with E-state index in [0.29, 0.717) is 12.3 Å². The van der Waals surface area contributed by atoms with Gasteiger partial charge in [-0.1, -0.05) is 12.1 Å². The zero-order valence-corrected chi connectivity index (χ0v) is 8.53. The van der Waals surface area contributed by atoms with E-state index in [2.05, 4.69) is 9.74 Å². The normalized spacial score (nSPS) is 9.86. The maximum absolute atomic E-state index is 6.79. The zero-order valence-electron chi connectivity index (χ0n) is 8.53. The second kappa shape index (κ2) is 5.25. The van der Waals surface area contributed by atoms with Gasteiger partial charge < -0.3 is 9.64 Å². The van der Waals surface area contributed by atoms with Crippen LogP contribution in [0.1, 0.15) is 0 Å². The molecular formula is C11H14N2O. The van der Waals surface area contributed by atoms with Crippen LogP contribution >= 0.6 is 0 Å². The fourth-order valence-corrected chi connectivity index (χ4v) is 0.963. The Morgan fingerprint density at radius 2 is 1.93 bits per heavy atom. The topological polar surface area (TPSA) is 16.8 Å². The first kappa shape index (κ1) is 10.6. The number of likely N-dealkylation sites (N-methyl/N-ethyl adjacent to an activating group) is 1. The SMILES string of the molecule is [C-]#[N+]c1ccc(OCCN(C)C)cc1. The molecule has 3 heteroatoms. The Bertz CT molecular complexity index is 311. The van der Waals surface area contributed by atoms with Crippen molar-refractivity contribution < 1.29 is 4.74 Å². The smallest absolute Gasteiger partial charge is 0.187 e. The molecule has 14 heavy (non-hydrogen) atoms. The lowest BCUT2D eigenvalue weighted by molar-refractivity contribution is 0.261. The van der Waals surface area contributed by atoms with Gasteiger partial charge in [-0.15, -0.1) is 0 Å². The fraction of sp³-hybridized carbons (Fsp3) is 0.364. The molecule has 74 valence electrons. The van der Waals surface area contributed by atoms with Crippen molar-refractivity contribution in [3.63, 3.8) is 0 Å². The molecule has 0 bridgehead atoms. The lowest BCUT2D eigenvalue weighted by atomic mass is 10.3. The minimum atomic E-state index is 0.643. The Morgan fingerprint density at radius 3 is 2.43 bits per heavy atom. The van der Waals surface area contributed by atoms with E-state index in [4.69, 9.17) is 11.3 Å². The summed E-state index contributed by atoms with van der Waals surface area (Å²) < 4.78 is 5.47. The summed E-state index contributed by atoms with van der Waals surface area (Å²) in [5.41, 5.74) is 0.643. The molecule has 0 atom stereocenters. The van der Waals surface area contributed by atoms with Crippen LogP contribution in [0.4, 0.5) is 5.69 Å². The number of ether oxygens (including phenoxy) is 1. The molecule has 0 aliphatic carbocycles. The summed E-state index contributed by atoms with van der Waals surface area (Å²) in [6.07, 6.45) is 0. The average molecular weight is 190 g/mol. The van der Waals surface area contributed by atoms with Crippen molar-refractivity contribution in [2.75, 3.05) is 27.2 Å². The molecule has 0 amide bonds. The van der Waals surface area contributed by atoms with Gasteiger partial charge in [0.15, 0.2) is 5.69 Å². The van der Waals surface area contributed by atoms with Crippen molar-refractivity contribution in [2.24, 2.45) is 0 Å². The molecule has 0 aliphatic rings. The molecule has 0 heterocycles. The third kappa shape index (κ3) is 3.46. The minimum Gasteiger partial charge on any atom is -0.492 e. The highest BCUT2D eigenvalue weighted by Gasteiger charge is 1.95. The molecule has 0 spiro atoms. The summed E-state index contributed by atoms with van der Waals surface area (Å²) in [5.74, 6) is 0.819. The molecule has 1 aromatic rings. The predicted octanol–water partition coefficient (Wildman–Crippen LogP) is 2.18. The number of hydrogen-bond acceptors (Lipinski definition) is 2. The average Bonchev–Trinajstić information content (AvgIpc) is 2.18. The molecular weight excluding hydrogens is 176 g/mol. The van der Waals surface area contributed by atoms with Crippen molar-refractivity contribution >= 4 is 5.69 Å². The van der Waals surface area contributed by atoms with Crippen LogP contribution in [0.5, 0.6) is 5.75 Å². The van der Waals surface area contributed by atoms with Crippen molar-refractivity contribution in [3.05, 3.63) is 35.7 Å². The second-order valence-electron chi connectivity index (χ2n) is 3.26. The zero-order chi connectivity index (χ0) is 10.4. The molecule has 0 radical (unpaired) electrons. The molecule has 0 unspecified atom stereocenters. The highest BCUT2D eigenvalue weighted by Crippen LogP contribution is 2.17. The highest BCUT2D eigenvalue weighted by molar-refractivity contribution is 5.46. The Balaban J connectivity index is 2.41. The second-order valence-corrected chi connectivity index (χ2v) is 3.26. The van der Waals surface area contributed by atoms with Crippen LogP contribution in [0, 0.1) is 6.57 Å². The third-order valence-corrected chi connectivity index (χ3v) is 1.77. The van der Waals surface area contributed by atoms with Crippen molar-refractivity contribution in [3.8, 4) is 5.75 Å². The van der Waals surface area contributed by atoms with Crippen LogP contribution < -0.4 is 4.74 Å². The molecule has 1 rings (SSSR count). The first-order valence-electron chi connectivity index (χ1n) is 4.47. The number of rotatable bonds is 4. The van der Waals surface area contributed by atoms with Crippen LogP contribution in [0.2, 0.25) is 0 Å². The summed E-state index contributed by atoms with van der Waals surface area (Å²) >= 11 is 0. The minimum absolute atomic E-state index is 0.643. The van der Waals surface area contributed by atoms with E-state index in [-0.39, 0.29) is 0 Å². The molecule has 3 nitrogen and oxygen atoms in total. The molecule has 0 aliphatic heterocycles. The van der Waals surface area contributed by atoms with E-state index in [1.165, 1.54) is 0 Å². The van der Waals surface area contributed by atoms with Crippen LogP contribution in [0.3, 0.4) is 0 Å².